The molecule has 0 heterocycles. The molecule has 9 heavy (non-hydrogen) atoms. The molecular formula is C2H5NaO5S. The van der Waals surface area contributed by atoms with Crippen LogP contribution in [0.5, 0.6) is 0 Å². The predicted molar refractivity (Wildman–Crippen MR) is 25.8 cm³/mol. The zero-order chi connectivity index (χ0) is 7.58. The number of carbonyl (C=O) groups excluding carboxylic acids is 2. The molecular weight excluding hydrogens is 159 g/mol. The Labute approximate surface area is 77.2 Å². The minimum atomic E-state index is -2.86. The van der Waals surface area contributed by atoms with Crippen molar-refractivity contribution in [2.24, 2.45) is 0 Å². The Hall–Kier alpha value is 0.410. The normalized spacial score (nSPS) is 7.78. The van der Waals surface area contributed by atoms with Gasteiger partial charge in [-0.25, -0.2) is 4.21 Å². The molecule has 0 rings (SSSR count). The summed E-state index contributed by atoms with van der Waals surface area (Å²) in [6.45, 7) is 4.00. The van der Waals surface area contributed by atoms with Crippen molar-refractivity contribution >= 4 is 24.9 Å². The van der Waals surface area contributed by atoms with Crippen LogP contribution < -0.4 is 29.6 Å². The van der Waals surface area contributed by atoms with Crippen LogP contribution in [0.3, 0.4) is 0 Å². The van der Waals surface area contributed by atoms with Crippen molar-refractivity contribution < 1.29 is 52.5 Å². The van der Waals surface area contributed by atoms with Gasteiger partial charge in [0.2, 0.25) is 0 Å². The molecule has 0 amide bonds. The van der Waals surface area contributed by atoms with E-state index in [0.29, 0.717) is 0 Å². The topological polar surface area (TPSA) is 94.5 Å². The van der Waals surface area contributed by atoms with Gasteiger partial charge in [-0.15, -0.1) is 0 Å². The second-order valence-electron chi connectivity index (χ2n) is 0.217. The average Bonchev–Trinajstić information content (AvgIpc) is 1.75. The van der Waals surface area contributed by atoms with Crippen molar-refractivity contribution in [3.8, 4) is 0 Å². The third-order valence-corrected chi connectivity index (χ3v) is 0. The summed E-state index contributed by atoms with van der Waals surface area (Å²) in [6, 6.07) is 0. The van der Waals surface area contributed by atoms with Crippen LogP contribution >= 0.6 is 0 Å². The molecule has 0 bridgehead atoms. The molecule has 0 saturated carbocycles. The fourth-order valence-electron chi connectivity index (χ4n) is 0. The average molecular weight is 164 g/mol. The molecule has 7 heteroatoms. The first-order chi connectivity index (χ1) is 3.73. The summed E-state index contributed by atoms with van der Waals surface area (Å²) in [5.41, 5.74) is 0. The van der Waals surface area contributed by atoms with Crippen LogP contribution in [-0.2, 0) is 21.0 Å². The minimum absolute atomic E-state index is 0. The Morgan fingerprint density at radius 2 is 1.22 bits per heavy atom. The molecule has 0 fully saturated rings. The summed E-state index contributed by atoms with van der Waals surface area (Å²) in [5, 5.41) is 0. The Morgan fingerprint density at radius 3 is 1.22 bits per heavy atom. The summed E-state index contributed by atoms with van der Waals surface area (Å²) in [6.07, 6.45) is 0. The van der Waals surface area contributed by atoms with Crippen molar-refractivity contribution in [3.05, 3.63) is 0 Å². The number of hydrogen-bond acceptors (Lipinski definition) is 4. The summed E-state index contributed by atoms with van der Waals surface area (Å²) in [5.74, 6) is 0. The monoisotopic (exact) mass is 164 g/mol. The molecule has 0 aromatic rings. The maximum absolute atomic E-state index is 8.56. The molecule has 0 aliphatic carbocycles. The van der Waals surface area contributed by atoms with Crippen LogP contribution in [-0.4, -0.2) is 26.9 Å². The number of rotatable bonds is 0. The van der Waals surface area contributed by atoms with Crippen molar-refractivity contribution in [2.75, 3.05) is 0 Å². The molecule has 0 radical (unpaired) electrons. The second-order valence-corrected chi connectivity index (χ2v) is 0.651. The van der Waals surface area contributed by atoms with Gasteiger partial charge < -0.3 is 18.7 Å². The molecule has 5 nitrogen and oxygen atoms in total. The molecule has 50 valence electrons. The van der Waals surface area contributed by atoms with Gasteiger partial charge >= 0.3 is 29.6 Å². The van der Waals surface area contributed by atoms with Gasteiger partial charge in [-0.2, -0.15) is 0 Å². The van der Waals surface area contributed by atoms with E-state index in [0.717, 1.165) is 0 Å². The van der Waals surface area contributed by atoms with Crippen LogP contribution in [0.25, 0.3) is 0 Å². The van der Waals surface area contributed by atoms with E-state index in [-0.39, 0.29) is 29.6 Å². The molecule has 1 unspecified atom stereocenters. The van der Waals surface area contributed by atoms with E-state index in [1.165, 1.54) is 0 Å². The fraction of sp³-hybridized carbons (Fsp3) is 0. The molecule has 0 aromatic heterocycles. The largest absolute Gasteiger partial charge is 1.00 e. The molecule has 0 aliphatic heterocycles. The smallest absolute Gasteiger partial charge is 0.750 e. The van der Waals surface area contributed by atoms with Gasteiger partial charge in [-0.05, 0) is 0 Å². The van der Waals surface area contributed by atoms with Gasteiger partial charge in [0.25, 0.3) is 0 Å². The molecule has 0 aromatic carbocycles. The van der Waals surface area contributed by atoms with Crippen LogP contribution in [0.15, 0.2) is 0 Å². The SMILES string of the molecule is C=O.C=O.O=S([O-])O.[Na+]. The minimum Gasteiger partial charge on any atom is -0.750 e. The number of carbonyl (C=O) groups is 2. The third kappa shape index (κ3) is 2060. The quantitative estimate of drug-likeness (QED) is 0.290. The first-order valence-electron chi connectivity index (χ1n) is 1.09. The van der Waals surface area contributed by atoms with E-state index in [1.807, 2.05) is 13.6 Å². The first-order valence-corrected chi connectivity index (χ1v) is 2.13. The molecule has 0 aliphatic rings. The molecule has 0 spiro atoms. The van der Waals surface area contributed by atoms with E-state index in [2.05, 4.69) is 0 Å². The predicted octanol–water partition coefficient (Wildman–Crippen LogP) is -4.03. The Bertz CT molecular complexity index is 52.9. The van der Waals surface area contributed by atoms with E-state index in [1.54, 1.807) is 0 Å². The van der Waals surface area contributed by atoms with Gasteiger partial charge in [-0.3, -0.25) is 0 Å². The Kier molecular flexibility index (Phi) is 100. The molecule has 0 saturated heterocycles. The summed E-state index contributed by atoms with van der Waals surface area (Å²) < 4.78 is 24.1. The van der Waals surface area contributed by atoms with E-state index < -0.39 is 11.4 Å². The van der Waals surface area contributed by atoms with Crippen LogP contribution in [0.1, 0.15) is 0 Å². The summed E-state index contributed by atoms with van der Waals surface area (Å²) in [4.78, 5) is 16.0. The standard InChI is InChI=1S/2CH2O.Na.H2O3S/c2*1-2;;1-4(2)3/h2*1H2;;(H2,1,2,3)/q;;+1;/p-1. The van der Waals surface area contributed by atoms with Crippen molar-refractivity contribution in [1.82, 2.24) is 0 Å². The Balaban J connectivity index is -0.0000000221. The van der Waals surface area contributed by atoms with Crippen molar-refractivity contribution in [1.29, 1.82) is 0 Å². The number of hydrogen-bond donors (Lipinski definition) is 1. The van der Waals surface area contributed by atoms with Gasteiger partial charge in [0, 0.05) is 0 Å². The first kappa shape index (κ1) is 22.7. The summed E-state index contributed by atoms with van der Waals surface area (Å²) in [7, 11) is 0. The Morgan fingerprint density at radius 1 is 1.22 bits per heavy atom. The van der Waals surface area contributed by atoms with E-state index in [9.17, 15) is 0 Å². The van der Waals surface area contributed by atoms with Gasteiger partial charge in [-0.1, -0.05) is 0 Å². The maximum Gasteiger partial charge on any atom is 1.00 e. The second kappa shape index (κ2) is 39.7. The zero-order valence-corrected chi connectivity index (χ0v) is 7.72. The van der Waals surface area contributed by atoms with Crippen molar-refractivity contribution in [3.63, 3.8) is 0 Å². The van der Waals surface area contributed by atoms with Crippen LogP contribution in [0.4, 0.5) is 0 Å². The van der Waals surface area contributed by atoms with Crippen LogP contribution in [0.2, 0.25) is 0 Å². The third-order valence-electron chi connectivity index (χ3n) is 0. The van der Waals surface area contributed by atoms with Gasteiger partial charge in [0.15, 0.2) is 0 Å². The molecule has 1 N–H and O–H groups in total. The van der Waals surface area contributed by atoms with Gasteiger partial charge in [0.05, 0.1) is 11.4 Å². The fourth-order valence-corrected chi connectivity index (χ4v) is 0. The van der Waals surface area contributed by atoms with E-state index >= 15 is 0 Å². The summed E-state index contributed by atoms with van der Waals surface area (Å²) >= 11 is -2.86. The van der Waals surface area contributed by atoms with E-state index in [4.69, 9.17) is 22.9 Å². The molecule has 1 atom stereocenters. The van der Waals surface area contributed by atoms with Gasteiger partial charge in [0.1, 0.15) is 13.6 Å². The van der Waals surface area contributed by atoms with Crippen LogP contribution in [0, 0.1) is 0 Å². The maximum atomic E-state index is 8.56. The zero-order valence-electron chi connectivity index (χ0n) is 4.90. The van der Waals surface area contributed by atoms with Crippen molar-refractivity contribution in [2.45, 2.75) is 0 Å².